The van der Waals surface area contributed by atoms with E-state index in [-0.39, 0.29) is 29.0 Å². The van der Waals surface area contributed by atoms with Crippen LogP contribution in [0.3, 0.4) is 0 Å². The lowest BCUT2D eigenvalue weighted by atomic mass is 9.88. The molecule has 1 aromatic carbocycles. The molecule has 1 aliphatic heterocycles. The van der Waals surface area contributed by atoms with Crippen molar-refractivity contribution in [3.8, 4) is 0 Å². The number of hydrogen-bond donors (Lipinski definition) is 0. The highest BCUT2D eigenvalue weighted by atomic mass is 16.5. The van der Waals surface area contributed by atoms with Crippen molar-refractivity contribution in [1.82, 2.24) is 4.90 Å². The highest BCUT2D eigenvalue weighted by Crippen LogP contribution is 2.28. The lowest BCUT2D eigenvalue weighted by Crippen LogP contribution is -2.39. The van der Waals surface area contributed by atoms with Gasteiger partial charge in [0.05, 0.1) is 27.4 Å². The van der Waals surface area contributed by atoms with Crippen molar-refractivity contribution in [2.75, 3.05) is 40.5 Å². The Kier molecular flexibility index (Phi) is 6.84. The molecule has 0 bridgehead atoms. The third-order valence-electron chi connectivity index (χ3n) is 5.20. The molecule has 0 N–H and O–H groups in total. The number of methoxy groups -OCH3 is 2. The van der Waals surface area contributed by atoms with Gasteiger partial charge in [0, 0.05) is 36.7 Å². The average Bonchev–Trinajstić information content (AvgIpc) is 2.78. The van der Waals surface area contributed by atoms with Crippen molar-refractivity contribution < 1.29 is 28.6 Å². The van der Waals surface area contributed by atoms with E-state index in [0.717, 1.165) is 11.1 Å². The molecule has 0 spiro atoms. The fourth-order valence-corrected chi connectivity index (χ4v) is 3.41. The lowest BCUT2D eigenvalue weighted by Gasteiger charge is -2.25. The zero-order valence-electron chi connectivity index (χ0n) is 17.4. The van der Waals surface area contributed by atoms with Gasteiger partial charge in [-0.2, -0.15) is 0 Å². The number of allylic oxidation sites excluding steroid dienone is 2. The van der Waals surface area contributed by atoms with Crippen LogP contribution in [0.25, 0.3) is 6.08 Å². The van der Waals surface area contributed by atoms with Crippen LogP contribution in [0.1, 0.15) is 18.1 Å². The maximum absolute atomic E-state index is 12.7. The van der Waals surface area contributed by atoms with Crippen LogP contribution in [0.15, 0.2) is 53.0 Å². The van der Waals surface area contributed by atoms with E-state index in [1.165, 1.54) is 14.2 Å². The van der Waals surface area contributed by atoms with Crippen molar-refractivity contribution >= 4 is 23.5 Å². The first-order valence-corrected chi connectivity index (χ1v) is 9.71. The summed E-state index contributed by atoms with van der Waals surface area (Å²) < 4.78 is 15.4. The molecule has 1 saturated heterocycles. The van der Waals surface area contributed by atoms with Gasteiger partial charge < -0.3 is 19.1 Å². The molecule has 7 heteroatoms. The summed E-state index contributed by atoms with van der Waals surface area (Å²) in [5, 5.41) is 0. The van der Waals surface area contributed by atoms with E-state index < -0.39 is 0 Å². The molecular weight excluding hydrogens is 386 g/mol. The number of ether oxygens (including phenoxy) is 3. The molecule has 0 unspecified atom stereocenters. The normalized spacial score (nSPS) is 17.8. The number of carbonyl (C=O) groups is 3. The Morgan fingerprint density at radius 1 is 1.03 bits per heavy atom. The molecule has 1 fully saturated rings. The molecule has 7 nitrogen and oxygen atoms in total. The Morgan fingerprint density at radius 2 is 1.63 bits per heavy atom. The first-order valence-electron chi connectivity index (χ1n) is 9.71. The summed E-state index contributed by atoms with van der Waals surface area (Å²) in [5.41, 5.74) is 2.50. The molecule has 0 aromatic heterocycles. The molecule has 1 aliphatic carbocycles. The summed E-state index contributed by atoms with van der Waals surface area (Å²) in [4.78, 5) is 39.2. The van der Waals surface area contributed by atoms with Crippen LogP contribution in [0, 0.1) is 0 Å². The number of rotatable bonds is 6. The molecule has 0 radical (unpaired) electrons. The SMILES string of the molecule is COC1=C(OC)C(=O)C(Cc2ccc(C=CC(=O)N3CCOCC3)cc2)=C(C)C1=O. The Balaban J connectivity index is 1.70. The summed E-state index contributed by atoms with van der Waals surface area (Å²) in [6.07, 6.45) is 3.62. The summed E-state index contributed by atoms with van der Waals surface area (Å²) in [6, 6.07) is 7.49. The summed E-state index contributed by atoms with van der Waals surface area (Å²) in [6.45, 7) is 3.96. The van der Waals surface area contributed by atoms with Crippen LogP contribution >= 0.6 is 0 Å². The minimum Gasteiger partial charge on any atom is -0.489 e. The smallest absolute Gasteiger partial charge is 0.246 e. The van der Waals surface area contributed by atoms with Gasteiger partial charge in [-0.3, -0.25) is 14.4 Å². The predicted octanol–water partition coefficient (Wildman–Crippen LogP) is 2.07. The van der Waals surface area contributed by atoms with E-state index in [2.05, 4.69) is 0 Å². The minimum absolute atomic E-state index is 0.0395. The minimum atomic E-state index is -0.342. The van der Waals surface area contributed by atoms with Gasteiger partial charge in [-0.1, -0.05) is 24.3 Å². The number of carbonyl (C=O) groups excluding carboxylic acids is 3. The number of nitrogens with zero attached hydrogens (tertiary/aromatic N) is 1. The molecule has 1 heterocycles. The predicted molar refractivity (Wildman–Crippen MR) is 110 cm³/mol. The fraction of sp³-hybridized carbons (Fsp3) is 0.348. The second-order valence-corrected chi connectivity index (χ2v) is 7.02. The zero-order valence-corrected chi connectivity index (χ0v) is 17.4. The van der Waals surface area contributed by atoms with Gasteiger partial charge in [-0.15, -0.1) is 0 Å². The molecular formula is C23H25NO6. The van der Waals surface area contributed by atoms with Crippen molar-refractivity contribution in [3.63, 3.8) is 0 Å². The molecule has 158 valence electrons. The molecule has 2 aliphatic rings. The standard InChI is InChI=1S/C23H25NO6/c1-15-18(21(27)23(29-3)22(28-2)20(15)26)14-17-6-4-16(5-7-17)8-9-19(25)24-10-12-30-13-11-24/h4-9H,10-14H2,1-3H3. The number of ketones is 2. The van der Waals surface area contributed by atoms with E-state index in [4.69, 9.17) is 14.2 Å². The highest BCUT2D eigenvalue weighted by molar-refractivity contribution is 6.23. The Bertz CT molecular complexity index is 933. The molecule has 1 aromatic rings. The first kappa shape index (κ1) is 21.5. The van der Waals surface area contributed by atoms with Crippen molar-refractivity contribution in [1.29, 1.82) is 0 Å². The summed E-state index contributed by atoms with van der Waals surface area (Å²) in [7, 11) is 2.69. The highest BCUT2D eigenvalue weighted by Gasteiger charge is 2.34. The van der Waals surface area contributed by atoms with Gasteiger partial charge in [-0.05, 0) is 24.1 Å². The number of Topliss-reactive ketones (excluding diaryl/α,β-unsaturated/α-hetero) is 2. The Morgan fingerprint density at radius 3 is 2.23 bits per heavy atom. The van der Waals surface area contributed by atoms with Crippen molar-refractivity contribution in [3.05, 3.63) is 64.1 Å². The van der Waals surface area contributed by atoms with Crippen LogP contribution in [0.5, 0.6) is 0 Å². The van der Waals surface area contributed by atoms with Gasteiger partial charge in [0.2, 0.25) is 29.0 Å². The van der Waals surface area contributed by atoms with E-state index in [0.29, 0.717) is 43.9 Å². The summed E-state index contributed by atoms with van der Waals surface area (Å²) >= 11 is 0. The van der Waals surface area contributed by atoms with E-state index in [1.807, 2.05) is 24.3 Å². The third kappa shape index (κ3) is 4.52. The largest absolute Gasteiger partial charge is 0.489 e. The van der Waals surface area contributed by atoms with Crippen molar-refractivity contribution in [2.24, 2.45) is 0 Å². The van der Waals surface area contributed by atoms with Gasteiger partial charge in [0.15, 0.2) is 0 Å². The van der Waals surface area contributed by atoms with Crippen LogP contribution in [0.2, 0.25) is 0 Å². The van der Waals surface area contributed by atoms with E-state index in [9.17, 15) is 14.4 Å². The Labute approximate surface area is 175 Å². The zero-order chi connectivity index (χ0) is 21.7. The molecule has 0 atom stereocenters. The number of amides is 1. The maximum Gasteiger partial charge on any atom is 0.246 e. The third-order valence-corrected chi connectivity index (χ3v) is 5.20. The topological polar surface area (TPSA) is 82.1 Å². The van der Waals surface area contributed by atoms with Gasteiger partial charge in [-0.25, -0.2) is 0 Å². The van der Waals surface area contributed by atoms with Gasteiger partial charge in [0.1, 0.15) is 0 Å². The van der Waals surface area contributed by atoms with Crippen LogP contribution < -0.4 is 0 Å². The Hall–Kier alpha value is -3.19. The molecule has 0 saturated carbocycles. The van der Waals surface area contributed by atoms with Gasteiger partial charge >= 0.3 is 0 Å². The molecule has 3 rings (SSSR count). The quantitative estimate of drug-likeness (QED) is 0.527. The van der Waals surface area contributed by atoms with E-state index in [1.54, 1.807) is 24.0 Å². The monoisotopic (exact) mass is 411 g/mol. The second-order valence-electron chi connectivity index (χ2n) is 7.02. The van der Waals surface area contributed by atoms with Gasteiger partial charge in [0.25, 0.3) is 0 Å². The number of hydrogen-bond acceptors (Lipinski definition) is 6. The van der Waals surface area contributed by atoms with Crippen LogP contribution in [0.4, 0.5) is 0 Å². The maximum atomic E-state index is 12.7. The van der Waals surface area contributed by atoms with Crippen LogP contribution in [-0.4, -0.2) is 62.9 Å². The van der Waals surface area contributed by atoms with Crippen LogP contribution in [-0.2, 0) is 35.0 Å². The fourth-order valence-electron chi connectivity index (χ4n) is 3.41. The molecule has 30 heavy (non-hydrogen) atoms. The second kappa shape index (κ2) is 9.54. The van der Waals surface area contributed by atoms with Crippen molar-refractivity contribution in [2.45, 2.75) is 13.3 Å². The average molecular weight is 411 g/mol. The van der Waals surface area contributed by atoms with E-state index >= 15 is 0 Å². The number of morpholine rings is 1. The lowest BCUT2D eigenvalue weighted by molar-refractivity contribution is -0.129. The molecule has 1 amide bonds. The first-order chi connectivity index (χ1) is 14.5. The summed E-state index contributed by atoms with van der Waals surface area (Å²) in [5.74, 6) is -0.850. The number of benzene rings is 1.